The Morgan fingerprint density at radius 3 is 2.63 bits per heavy atom. The van der Waals surface area contributed by atoms with Crippen molar-refractivity contribution >= 4 is 17.6 Å². The predicted octanol–water partition coefficient (Wildman–Crippen LogP) is 2.20. The van der Waals surface area contributed by atoms with Crippen molar-refractivity contribution in [1.82, 2.24) is 5.43 Å². The Kier molecular flexibility index (Phi) is 5.25. The van der Waals surface area contributed by atoms with Crippen molar-refractivity contribution in [3.63, 3.8) is 0 Å². The van der Waals surface area contributed by atoms with Gasteiger partial charge in [0.2, 0.25) is 6.79 Å². The van der Waals surface area contributed by atoms with Crippen LogP contribution in [0.25, 0.3) is 0 Å². The zero-order valence-electron chi connectivity index (χ0n) is 14.8. The van der Waals surface area contributed by atoms with Gasteiger partial charge in [-0.1, -0.05) is 0 Å². The molecule has 0 fully saturated rings. The van der Waals surface area contributed by atoms with Gasteiger partial charge in [-0.15, -0.1) is 0 Å². The van der Waals surface area contributed by atoms with Gasteiger partial charge in [0, 0.05) is 11.1 Å². The van der Waals surface area contributed by atoms with E-state index in [1.165, 1.54) is 7.11 Å². The Labute approximate surface area is 155 Å². The molecule has 0 aliphatic carbocycles. The van der Waals surface area contributed by atoms with E-state index < -0.39 is 11.9 Å². The Hall–Kier alpha value is -3.55. The van der Waals surface area contributed by atoms with E-state index in [0.29, 0.717) is 39.7 Å². The fourth-order valence-electron chi connectivity index (χ4n) is 2.61. The van der Waals surface area contributed by atoms with E-state index in [1.54, 1.807) is 43.3 Å². The number of hydrogen-bond acceptors (Lipinski definition) is 6. The van der Waals surface area contributed by atoms with Crippen molar-refractivity contribution < 1.29 is 28.9 Å². The molecule has 0 unspecified atom stereocenters. The second-order valence-corrected chi connectivity index (χ2v) is 5.80. The first-order valence-corrected chi connectivity index (χ1v) is 8.11. The SMILES string of the molecule is COc1ccc(/C(C)=N\NC(=O)c2ccc3c(c2)OCO3)cc1CC(=O)O. The standard InChI is InChI=1S/C19H18N2O6/c1-11(12-3-5-15(25-2)14(7-12)9-18(22)23)20-21-19(24)13-4-6-16-17(8-13)27-10-26-16/h3-8H,9-10H2,1-2H3,(H,21,24)(H,22,23)/b20-11-. The summed E-state index contributed by atoms with van der Waals surface area (Å²) in [4.78, 5) is 23.3. The summed E-state index contributed by atoms with van der Waals surface area (Å²) in [6.07, 6.45) is -0.173. The van der Waals surface area contributed by atoms with E-state index in [1.807, 2.05) is 0 Å². The first kappa shape index (κ1) is 18.2. The van der Waals surface area contributed by atoms with E-state index in [9.17, 15) is 9.59 Å². The number of fused-ring (bicyclic) bond motifs is 1. The number of nitrogens with one attached hydrogen (secondary N) is 1. The average molecular weight is 370 g/mol. The molecule has 0 atom stereocenters. The maximum absolute atomic E-state index is 12.3. The molecule has 2 aromatic rings. The number of methoxy groups -OCH3 is 1. The average Bonchev–Trinajstić information content (AvgIpc) is 3.13. The summed E-state index contributed by atoms with van der Waals surface area (Å²) in [6, 6.07) is 9.96. The van der Waals surface area contributed by atoms with Gasteiger partial charge in [0.15, 0.2) is 11.5 Å². The number of hydrogen-bond donors (Lipinski definition) is 2. The number of carboxylic acid groups (broad SMARTS) is 1. The molecule has 1 amide bonds. The number of amides is 1. The van der Waals surface area contributed by atoms with Crippen LogP contribution in [0.1, 0.15) is 28.4 Å². The fourth-order valence-corrected chi connectivity index (χ4v) is 2.61. The number of rotatable bonds is 6. The topological polar surface area (TPSA) is 106 Å². The Morgan fingerprint density at radius 2 is 1.89 bits per heavy atom. The second kappa shape index (κ2) is 7.77. The Morgan fingerprint density at radius 1 is 1.15 bits per heavy atom. The minimum atomic E-state index is -0.962. The van der Waals surface area contributed by atoms with Crippen LogP contribution in [0.5, 0.6) is 17.2 Å². The highest BCUT2D eigenvalue weighted by atomic mass is 16.7. The predicted molar refractivity (Wildman–Crippen MR) is 96.6 cm³/mol. The normalized spacial score (nSPS) is 12.6. The van der Waals surface area contributed by atoms with Crippen molar-refractivity contribution in [1.29, 1.82) is 0 Å². The molecule has 8 heteroatoms. The van der Waals surface area contributed by atoms with Crippen LogP contribution in [0.15, 0.2) is 41.5 Å². The Bertz CT molecular complexity index is 922. The summed E-state index contributed by atoms with van der Waals surface area (Å²) in [5.41, 5.74) is 4.60. The van der Waals surface area contributed by atoms with Crippen LogP contribution < -0.4 is 19.6 Å². The van der Waals surface area contributed by atoms with Crippen LogP contribution in [0.3, 0.4) is 0 Å². The van der Waals surface area contributed by atoms with Crippen LogP contribution in [0.4, 0.5) is 0 Å². The van der Waals surface area contributed by atoms with Crippen LogP contribution in [-0.2, 0) is 11.2 Å². The molecular weight excluding hydrogens is 352 g/mol. The first-order valence-electron chi connectivity index (χ1n) is 8.11. The van der Waals surface area contributed by atoms with E-state index in [2.05, 4.69) is 10.5 Å². The third kappa shape index (κ3) is 4.17. The van der Waals surface area contributed by atoms with Gasteiger partial charge in [-0.3, -0.25) is 9.59 Å². The molecule has 0 radical (unpaired) electrons. The van der Waals surface area contributed by atoms with Gasteiger partial charge in [0.25, 0.3) is 5.91 Å². The molecule has 140 valence electrons. The number of nitrogens with zero attached hydrogens (tertiary/aromatic N) is 1. The van der Waals surface area contributed by atoms with E-state index in [-0.39, 0.29) is 13.2 Å². The smallest absolute Gasteiger partial charge is 0.307 e. The number of carbonyl (C=O) groups is 2. The lowest BCUT2D eigenvalue weighted by Gasteiger charge is -2.09. The van der Waals surface area contributed by atoms with Crippen molar-refractivity contribution in [3.05, 3.63) is 53.1 Å². The van der Waals surface area contributed by atoms with Gasteiger partial charge in [0.05, 0.1) is 19.2 Å². The van der Waals surface area contributed by atoms with Crippen LogP contribution >= 0.6 is 0 Å². The molecule has 2 aromatic carbocycles. The van der Waals surface area contributed by atoms with Crippen molar-refractivity contribution in [2.45, 2.75) is 13.3 Å². The lowest BCUT2D eigenvalue weighted by atomic mass is 10.0. The van der Waals surface area contributed by atoms with Gasteiger partial charge in [-0.2, -0.15) is 5.10 Å². The summed E-state index contributed by atoms with van der Waals surface area (Å²) in [7, 11) is 1.48. The summed E-state index contributed by atoms with van der Waals surface area (Å²) in [5.74, 6) is 0.230. The molecule has 2 N–H and O–H groups in total. The van der Waals surface area contributed by atoms with Gasteiger partial charge in [-0.25, -0.2) is 5.43 Å². The molecular formula is C19H18N2O6. The molecule has 0 saturated heterocycles. The maximum atomic E-state index is 12.3. The quantitative estimate of drug-likeness (QED) is 0.596. The molecule has 3 rings (SSSR count). The molecule has 1 aliphatic rings. The maximum Gasteiger partial charge on any atom is 0.307 e. The van der Waals surface area contributed by atoms with Gasteiger partial charge >= 0.3 is 5.97 Å². The first-order chi connectivity index (χ1) is 13.0. The van der Waals surface area contributed by atoms with Crippen molar-refractivity contribution in [2.75, 3.05) is 13.9 Å². The van der Waals surface area contributed by atoms with Crippen LogP contribution in [0.2, 0.25) is 0 Å². The molecule has 0 saturated carbocycles. The van der Waals surface area contributed by atoms with E-state index in [0.717, 1.165) is 0 Å². The molecule has 0 spiro atoms. The third-order valence-electron chi connectivity index (χ3n) is 4.00. The van der Waals surface area contributed by atoms with Crippen LogP contribution in [0, 0.1) is 0 Å². The lowest BCUT2D eigenvalue weighted by molar-refractivity contribution is -0.136. The third-order valence-corrected chi connectivity index (χ3v) is 4.00. The molecule has 0 bridgehead atoms. The fraction of sp³-hybridized carbons (Fsp3) is 0.211. The van der Waals surface area contributed by atoms with Gasteiger partial charge < -0.3 is 19.3 Å². The van der Waals surface area contributed by atoms with Gasteiger partial charge in [-0.05, 0) is 48.9 Å². The number of ether oxygens (including phenoxy) is 3. The molecule has 0 aromatic heterocycles. The Balaban J connectivity index is 1.75. The number of carboxylic acids is 1. The van der Waals surface area contributed by atoms with E-state index in [4.69, 9.17) is 19.3 Å². The largest absolute Gasteiger partial charge is 0.496 e. The highest BCUT2D eigenvalue weighted by Gasteiger charge is 2.16. The van der Waals surface area contributed by atoms with Crippen molar-refractivity contribution in [2.24, 2.45) is 5.10 Å². The summed E-state index contributed by atoms with van der Waals surface area (Å²) < 4.78 is 15.6. The van der Waals surface area contributed by atoms with E-state index >= 15 is 0 Å². The minimum Gasteiger partial charge on any atom is -0.496 e. The number of hydrazone groups is 1. The molecule has 27 heavy (non-hydrogen) atoms. The molecule has 1 aliphatic heterocycles. The van der Waals surface area contributed by atoms with Crippen molar-refractivity contribution in [3.8, 4) is 17.2 Å². The highest BCUT2D eigenvalue weighted by molar-refractivity contribution is 6.01. The summed E-state index contributed by atoms with van der Waals surface area (Å²) in [5, 5.41) is 13.1. The zero-order valence-corrected chi connectivity index (χ0v) is 14.8. The number of carbonyl (C=O) groups excluding carboxylic acids is 1. The second-order valence-electron chi connectivity index (χ2n) is 5.80. The summed E-state index contributed by atoms with van der Waals surface area (Å²) >= 11 is 0. The lowest BCUT2D eigenvalue weighted by Crippen LogP contribution is -2.19. The molecule has 1 heterocycles. The summed E-state index contributed by atoms with van der Waals surface area (Å²) in [6.45, 7) is 1.85. The minimum absolute atomic E-state index is 0.133. The monoisotopic (exact) mass is 370 g/mol. The number of benzene rings is 2. The molecule has 8 nitrogen and oxygen atoms in total. The number of aliphatic carboxylic acids is 1. The van der Waals surface area contributed by atoms with Gasteiger partial charge in [0.1, 0.15) is 5.75 Å². The van der Waals surface area contributed by atoms with Crippen LogP contribution in [-0.4, -0.2) is 36.6 Å². The highest BCUT2D eigenvalue weighted by Crippen LogP contribution is 2.32. The zero-order chi connectivity index (χ0) is 19.4.